The first-order valence-corrected chi connectivity index (χ1v) is 8.44. The Morgan fingerprint density at radius 1 is 1.43 bits per heavy atom. The Labute approximate surface area is 130 Å². The number of thiophene rings is 1. The minimum absolute atomic E-state index is 0.228. The van der Waals surface area contributed by atoms with Crippen molar-refractivity contribution in [2.45, 2.75) is 20.3 Å². The van der Waals surface area contributed by atoms with Gasteiger partial charge < -0.3 is 9.47 Å². The van der Waals surface area contributed by atoms with Crippen LogP contribution in [0, 0.1) is 6.92 Å². The molecule has 6 heteroatoms. The Morgan fingerprint density at radius 2 is 2.29 bits per heavy atom. The Morgan fingerprint density at radius 3 is 3.10 bits per heavy atom. The second kappa shape index (κ2) is 5.99. The maximum absolute atomic E-state index is 11.4. The molecule has 0 saturated carbocycles. The molecule has 4 nitrogen and oxygen atoms in total. The highest BCUT2D eigenvalue weighted by Gasteiger charge is 2.13. The zero-order valence-corrected chi connectivity index (χ0v) is 13.5. The Hall–Kier alpha value is -1.66. The molecule has 2 heterocycles. The maximum atomic E-state index is 11.4. The molecule has 0 aliphatic heterocycles. The van der Waals surface area contributed by atoms with E-state index in [4.69, 9.17) is 9.47 Å². The lowest BCUT2D eigenvalue weighted by atomic mass is 10.2. The van der Waals surface area contributed by atoms with E-state index in [1.165, 1.54) is 0 Å². The smallest absolute Gasteiger partial charge is 0.309 e. The molecule has 0 bridgehead atoms. The summed E-state index contributed by atoms with van der Waals surface area (Å²) in [6.45, 7) is 4.53. The van der Waals surface area contributed by atoms with E-state index < -0.39 is 0 Å². The van der Waals surface area contributed by atoms with Crippen LogP contribution in [0.25, 0.3) is 20.3 Å². The van der Waals surface area contributed by atoms with Gasteiger partial charge in [-0.2, -0.15) is 0 Å². The van der Waals surface area contributed by atoms with Crippen LogP contribution in [0.1, 0.15) is 18.4 Å². The van der Waals surface area contributed by atoms with Gasteiger partial charge in [-0.15, -0.1) is 22.7 Å². The summed E-state index contributed by atoms with van der Waals surface area (Å²) in [5, 5.41) is 4.14. The number of ether oxygens (including phenoxy) is 2. The van der Waals surface area contributed by atoms with Crippen molar-refractivity contribution in [3.63, 3.8) is 0 Å². The zero-order valence-electron chi connectivity index (χ0n) is 11.8. The number of carbonyl (C=O) groups excluding carboxylic acids is 1. The Balaban J connectivity index is 1.86. The number of benzene rings is 1. The van der Waals surface area contributed by atoms with Gasteiger partial charge in [0.2, 0.25) is 0 Å². The molecular weight excluding hydrogens is 306 g/mol. The van der Waals surface area contributed by atoms with E-state index in [9.17, 15) is 4.79 Å². The lowest BCUT2D eigenvalue weighted by Gasteiger charge is -2.07. The van der Waals surface area contributed by atoms with Gasteiger partial charge in [-0.25, -0.2) is 4.98 Å². The largest absolute Gasteiger partial charge is 0.492 e. The fourth-order valence-electron chi connectivity index (χ4n) is 2.18. The fraction of sp³-hybridized carbons (Fsp3) is 0.333. The molecule has 0 aliphatic carbocycles. The summed E-state index contributed by atoms with van der Waals surface area (Å²) in [6.07, 6.45) is 0.263. The van der Waals surface area contributed by atoms with Crippen LogP contribution in [0.4, 0.5) is 0 Å². The zero-order chi connectivity index (χ0) is 14.8. The first kappa shape index (κ1) is 14.3. The summed E-state index contributed by atoms with van der Waals surface area (Å²) in [5.74, 6) is 0.584. The van der Waals surface area contributed by atoms with Gasteiger partial charge in [-0.3, -0.25) is 4.79 Å². The third kappa shape index (κ3) is 2.87. The number of carbonyl (C=O) groups is 1. The van der Waals surface area contributed by atoms with Gasteiger partial charge in [-0.05, 0) is 25.3 Å². The fourth-order valence-corrected chi connectivity index (χ4v) is 4.02. The second-order valence-corrected chi connectivity index (χ2v) is 6.67. The summed E-state index contributed by atoms with van der Waals surface area (Å²) in [6, 6.07) is 4.05. The van der Waals surface area contributed by atoms with Crippen molar-refractivity contribution in [2.24, 2.45) is 0 Å². The summed E-state index contributed by atoms with van der Waals surface area (Å²) < 4.78 is 13.0. The van der Waals surface area contributed by atoms with Gasteiger partial charge in [0.15, 0.2) is 0 Å². The first-order valence-electron chi connectivity index (χ1n) is 6.75. The number of hydrogen-bond donors (Lipinski definition) is 0. The lowest BCUT2D eigenvalue weighted by molar-refractivity contribution is -0.143. The van der Waals surface area contributed by atoms with Crippen LogP contribution in [-0.4, -0.2) is 24.2 Å². The van der Waals surface area contributed by atoms with Gasteiger partial charge in [0.1, 0.15) is 5.75 Å². The number of esters is 1. The number of fused-ring (bicyclic) bond motifs is 3. The third-order valence-corrected chi connectivity index (χ3v) is 4.88. The molecule has 3 aromatic rings. The van der Waals surface area contributed by atoms with Gasteiger partial charge in [-0.1, -0.05) is 0 Å². The summed E-state index contributed by atoms with van der Waals surface area (Å²) in [7, 11) is 0. The van der Waals surface area contributed by atoms with Crippen LogP contribution in [0.5, 0.6) is 5.75 Å². The summed E-state index contributed by atoms with van der Waals surface area (Å²) >= 11 is 3.32. The minimum Gasteiger partial charge on any atom is -0.492 e. The van der Waals surface area contributed by atoms with Crippen LogP contribution >= 0.6 is 22.7 Å². The SMILES string of the molecule is CCOC(=O)CCOc1cc2sc(C)nc2c2sccc12. The average Bonchev–Trinajstić information content (AvgIpc) is 3.04. The maximum Gasteiger partial charge on any atom is 0.309 e. The molecule has 21 heavy (non-hydrogen) atoms. The molecule has 3 rings (SSSR count). The molecule has 1 aromatic carbocycles. The van der Waals surface area contributed by atoms with E-state index in [0.717, 1.165) is 31.1 Å². The molecule has 0 atom stereocenters. The van der Waals surface area contributed by atoms with Crippen molar-refractivity contribution in [2.75, 3.05) is 13.2 Å². The van der Waals surface area contributed by atoms with Crippen LogP contribution < -0.4 is 4.74 Å². The Bertz CT molecular complexity index is 791. The van der Waals surface area contributed by atoms with E-state index in [-0.39, 0.29) is 12.4 Å². The monoisotopic (exact) mass is 321 g/mol. The highest BCUT2D eigenvalue weighted by molar-refractivity contribution is 7.21. The normalized spacial score (nSPS) is 11.1. The molecule has 0 unspecified atom stereocenters. The predicted molar refractivity (Wildman–Crippen MR) is 86.5 cm³/mol. The number of rotatable bonds is 5. The molecule has 0 N–H and O–H groups in total. The van der Waals surface area contributed by atoms with E-state index >= 15 is 0 Å². The van der Waals surface area contributed by atoms with Gasteiger partial charge in [0.05, 0.1) is 39.6 Å². The number of aromatic nitrogens is 1. The van der Waals surface area contributed by atoms with Crippen molar-refractivity contribution >= 4 is 48.9 Å². The quantitative estimate of drug-likeness (QED) is 0.662. The molecule has 0 amide bonds. The molecule has 2 aromatic heterocycles. The standard InChI is InChI=1S/C15H15NO3S2/c1-3-18-13(17)4-6-19-11-8-12-14(16-9(2)21-12)15-10(11)5-7-20-15/h5,7-8H,3-4,6H2,1-2H3. The molecule has 0 radical (unpaired) electrons. The number of hydrogen-bond acceptors (Lipinski definition) is 6. The highest BCUT2D eigenvalue weighted by atomic mass is 32.1. The van der Waals surface area contributed by atoms with Gasteiger partial charge in [0, 0.05) is 11.5 Å². The number of thiazole rings is 1. The Kier molecular flexibility index (Phi) is 4.07. The highest BCUT2D eigenvalue weighted by Crippen LogP contribution is 2.38. The van der Waals surface area contributed by atoms with E-state index in [1.807, 2.05) is 24.4 Å². The van der Waals surface area contributed by atoms with Crippen LogP contribution in [0.15, 0.2) is 17.5 Å². The van der Waals surface area contributed by atoms with Crippen LogP contribution in [0.2, 0.25) is 0 Å². The molecule has 110 valence electrons. The van der Waals surface area contributed by atoms with Crippen molar-refractivity contribution in [3.8, 4) is 5.75 Å². The van der Waals surface area contributed by atoms with Crippen LogP contribution in [0.3, 0.4) is 0 Å². The van der Waals surface area contributed by atoms with E-state index in [1.54, 1.807) is 29.6 Å². The first-order chi connectivity index (χ1) is 10.2. The molecule has 0 aliphatic rings. The molecule has 0 saturated heterocycles. The average molecular weight is 321 g/mol. The second-order valence-electron chi connectivity index (χ2n) is 4.52. The van der Waals surface area contributed by atoms with Crippen molar-refractivity contribution < 1.29 is 14.3 Å². The van der Waals surface area contributed by atoms with Gasteiger partial charge >= 0.3 is 5.97 Å². The summed E-state index contributed by atoms with van der Waals surface area (Å²) in [4.78, 5) is 15.9. The van der Waals surface area contributed by atoms with E-state index in [0.29, 0.717) is 13.2 Å². The molecular formula is C15H15NO3S2. The minimum atomic E-state index is -0.228. The topological polar surface area (TPSA) is 48.4 Å². The van der Waals surface area contributed by atoms with E-state index in [2.05, 4.69) is 4.98 Å². The molecule has 0 spiro atoms. The third-order valence-electron chi connectivity index (χ3n) is 3.04. The van der Waals surface area contributed by atoms with Crippen molar-refractivity contribution in [3.05, 3.63) is 22.5 Å². The lowest BCUT2D eigenvalue weighted by Crippen LogP contribution is -2.09. The predicted octanol–water partition coefficient (Wildman–Crippen LogP) is 4.15. The number of nitrogens with zero attached hydrogens (tertiary/aromatic N) is 1. The number of aryl methyl sites for hydroxylation is 1. The van der Waals surface area contributed by atoms with Crippen LogP contribution in [-0.2, 0) is 9.53 Å². The van der Waals surface area contributed by atoms with Gasteiger partial charge in [0.25, 0.3) is 0 Å². The van der Waals surface area contributed by atoms with Crippen molar-refractivity contribution in [1.29, 1.82) is 0 Å². The summed E-state index contributed by atoms with van der Waals surface area (Å²) in [5.41, 5.74) is 1.04. The molecule has 0 fully saturated rings. The van der Waals surface area contributed by atoms with Crippen molar-refractivity contribution in [1.82, 2.24) is 4.98 Å².